The molecule has 236 valence electrons. The number of aryl methyl sites for hydroxylation is 2. The number of carbonyl (C=O) groups is 4. The topological polar surface area (TPSA) is 114 Å². The summed E-state index contributed by atoms with van der Waals surface area (Å²) in [5.41, 5.74) is 2.79. The van der Waals surface area contributed by atoms with E-state index in [1.165, 1.54) is 0 Å². The summed E-state index contributed by atoms with van der Waals surface area (Å²) < 4.78 is 10.5. The Balaban J connectivity index is 2.53. The van der Waals surface area contributed by atoms with E-state index in [-0.39, 0.29) is 26.0 Å². The molecule has 0 heterocycles. The predicted molar refractivity (Wildman–Crippen MR) is 167 cm³/mol. The smallest absolute Gasteiger partial charge is 0.408 e. The van der Waals surface area contributed by atoms with E-state index in [2.05, 4.69) is 17.6 Å². The van der Waals surface area contributed by atoms with E-state index in [4.69, 9.17) is 9.47 Å². The fourth-order valence-electron chi connectivity index (χ4n) is 4.62. The van der Waals surface area contributed by atoms with Crippen molar-refractivity contribution in [1.82, 2.24) is 15.5 Å². The maximum atomic E-state index is 14.5. The molecule has 0 fully saturated rings. The third-order valence-corrected chi connectivity index (χ3v) is 6.90. The van der Waals surface area contributed by atoms with Gasteiger partial charge in [-0.25, -0.2) is 4.79 Å². The van der Waals surface area contributed by atoms with E-state index in [1.807, 2.05) is 62.4 Å². The Morgan fingerprint density at radius 3 is 2.23 bits per heavy atom. The number of unbranched alkanes of at least 4 members (excludes halogenated alkanes) is 2. The van der Waals surface area contributed by atoms with Crippen LogP contribution in [0, 0.1) is 13.8 Å². The van der Waals surface area contributed by atoms with E-state index >= 15 is 0 Å². The minimum Gasteiger partial charge on any atom is -0.466 e. The lowest BCUT2D eigenvalue weighted by molar-refractivity contribution is -0.144. The van der Waals surface area contributed by atoms with Crippen molar-refractivity contribution in [2.75, 3.05) is 19.7 Å². The highest BCUT2D eigenvalue weighted by Gasteiger charge is 2.36. The minimum absolute atomic E-state index is 0.0137. The molecule has 2 N–H and O–H groups in total. The SMILES string of the molecule is CCCCCN(C(=O)C(Cc1ccccc1)NC(=O)OC(C)(C)C)C(C(=O)NCCC(=O)OCC)c1ccc(C)c(C)c1. The van der Waals surface area contributed by atoms with Crippen LogP contribution in [0.5, 0.6) is 0 Å². The first kappa shape index (κ1) is 35.3. The molecule has 3 amide bonds. The van der Waals surface area contributed by atoms with E-state index in [9.17, 15) is 19.2 Å². The fraction of sp³-hybridized carbons (Fsp3) is 0.529. The maximum Gasteiger partial charge on any atom is 0.408 e. The third kappa shape index (κ3) is 12.1. The summed E-state index contributed by atoms with van der Waals surface area (Å²) in [6, 6.07) is 13.1. The van der Waals surface area contributed by atoms with Crippen molar-refractivity contribution in [3.63, 3.8) is 0 Å². The van der Waals surface area contributed by atoms with Gasteiger partial charge >= 0.3 is 12.1 Å². The molecule has 2 atom stereocenters. The number of nitrogens with zero attached hydrogens (tertiary/aromatic N) is 1. The lowest BCUT2D eigenvalue weighted by atomic mass is 9.97. The van der Waals surface area contributed by atoms with Gasteiger partial charge in [0, 0.05) is 19.5 Å². The van der Waals surface area contributed by atoms with Gasteiger partial charge in [-0.1, -0.05) is 68.3 Å². The Morgan fingerprint density at radius 1 is 0.930 bits per heavy atom. The molecule has 0 aliphatic carbocycles. The molecule has 0 aliphatic rings. The van der Waals surface area contributed by atoms with E-state index in [1.54, 1.807) is 32.6 Å². The highest BCUT2D eigenvalue weighted by Crippen LogP contribution is 2.26. The molecular weight excluding hydrogens is 546 g/mol. The Hall–Kier alpha value is -3.88. The van der Waals surface area contributed by atoms with Gasteiger partial charge in [-0.05, 0) is 70.2 Å². The molecule has 9 nitrogen and oxygen atoms in total. The van der Waals surface area contributed by atoms with Crippen molar-refractivity contribution < 1.29 is 28.7 Å². The van der Waals surface area contributed by atoms with E-state index in [0.29, 0.717) is 18.5 Å². The van der Waals surface area contributed by atoms with Gasteiger partial charge in [-0.3, -0.25) is 14.4 Å². The number of rotatable bonds is 15. The number of amides is 3. The first-order chi connectivity index (χ1) is 20.4. The van der Waals surface area contributed by atoms with Crippen molar-refractivity contribution in [3.05, 3.63) is 70.8 Å². The van der Waals surface area contributed by atoms with Crippen LogP contribution in [0.15, 0.2) is 48.5 Å². The van der Waals surface area contributed by atoms with Crippen LogP contribution in [-0.4, -0.2) is 60.1 Å². The summed E-state index contributed by atoms with van der Waals surface area (Å²) in [4.78, 5) is 54.8. The van der Waals surface area contributed by atoms with E-state index in [0.717, 1.165) is 29.5 Å². The third-order valence-electron chi connectivity index (χ3n) is 6.90. The Kier molecular flexibility index (Phi) is 14.2. The van der Waals surface area contributed by atoms with Crippen LogP contribution in [0.3, 0.4) is 0 Å². The van der Waals surface area contributed by atoms with Crippen LogP contribution in [0.25, 0.3) is 0 Å². The largest absolute Gasteiger partial charge is 0.466 e. The molecule has 0 aromatic heterocycles. The summed E-state index contributed by atoms with van der Waals surface area (Å²) in [7, 11) is 0. The summed E-state index contributed by atoms with van der Waals surface area (Å²) in [6.07, 6.45) is 1.97. The Morgan fingerprint density at radius 2 is 1.63 bits per heavy atom. The van der Waals surface area contributed by atoms with Gasteiger partial charge in [0.25, 0.3) is 0 Å². The lowest BCUT2D eigenvalue weighted by Crippen LogP contribution is -2.54. The maximum absolute atomic E-state index is 14.5. The Bertz CT molecular complexity index is 1210. The summed E-state index contributed by atoms with van der Waals surface area (Å²) in [5, 5.41) is 5.63. The zero-order chi connectivity index (χ0) is 32.0. The molecule has 0 saturated carbocycles. The van der Waals surface area contributed by atoms with Gasteiger partial charge in [0.15, 0.2) is 0 Å². The number of esters is 1. The molecule has 0 radical (unpaired) electrons. The van der Waals surface area contributed by atoms with Gasteiger partial charge in [-0.15, -0.1) is 0 Å². The molecule has 43 heavy (non-hydrogen) atoms. The molecule has 2 aromatic carbocycles. The van der Waals surface area contributed by atoms with Crippen molar-refractivity contribution in [1.29, 1.82) is 0 Å². The van der Waals surface area contributed by atoms with Crippen molar-refractivity contribution >= 4 is 23.9 Å². The van der Waals surface area contributed by atoms with Crippen LogP contribution in [-0.2, 0) is 30.3 Å². The molecule has 0 saturated heterocycles. The van der Waals surface area contributed by atoms with E-state index < -0.39 is 41.6 Å². The summed E-state index contributed by atoms with van der Waals surface area (Å²) in [6.45, 7) is 13.6. The van der Waals surface area contributed by atoms with Crippen LogP contribution in [0.2, 0.25) is 0 Å². The van der Waals surface area contributed by atoms with Gasteiger partial charge in [0.05, 0.1) is 13.0 Å². The number of nitrogens with one attached hydrogen (secondary N) is 2. The van der Waals surface area contributed by atoms with Gasteiger partial charge in [-0.2, -0.15) is 0 Å². The van der Waals surface area contributed by atoms with Gasteiger partial charge in [0.1, 0.15) is 17.7 Å². The summed E-state index contributed by atoms with van der Waals surface area (Å²) in [5.74, 6) is -1.21. The zero-order valence-corrected chi connectivity index (χ0v) is 26.8. The monoisotopic (exact) mass is 595 g/mol. The lowest BCUT2D eigenvalue weighted by Gasteiger charge is -2.35. The van der Waals surface area contributed by atoms with Crippen LogP contribution >= 0.6 is 0 Å². The molecule has 0 spiro atoms. The fourth-order valence-corrected chi connectivity index (χ4v) is 4.62. The van der Waals surface area contributed by atoms with Gasteiger partial charge < -0.3 is 25.0 Å². The minimum atomic E-state index is -0.986. The van der Waals surface area contributed by atoms with Crippen LogP contribution in [0.1, 0.15) is 88.6 Å². The number of hydrogen-bond acceptors (Lipinski definition) is 6. The van der Waals surface area contributed by atoms with Crippen LogP contribution < -0.4 is 10.6 Å². The summed E-state index contributed by atoms with van der Waals surface area (Å²) >= 11 is 0. The molecular formula is C34H49N3O6. The molecule has 2 rings (SSSR count). The molecule has 0 aliphatic heterocycles. The predicted octanol–water partition coefficient (Wildman–Crippen LogP) is 5.57. The second kappa shape index (κ2) is 17.3. The number of ether oxygens (including phenoxy) is 2. The van der Waals surface area contributed by atoms with Crippen molar-refractivity contribution in [3.8, 4) is 0 Å². The zero-order valence-electron chi connectivity index (χ0n) is 26.8. The highest BCUT2D eigenvalue weighted by atomic mass is 16.6. The quantitative estimate of drug-likeness (QED) is 0.206. The molecule has 0 bridgehead atoms. The average Bonchev–Trinajstić information content (AvgIpc) is 2.93. The normalized spacial score (nSPS) is 12.5. The van der Waals surface area contributed by atoms with Crippen molar-refractivity contribution in [2.24, 2.45) is 0 Å². The second-order valence-electron chi connectivity index (χ2n) is 11.7. The number of alkyl carbamates (subject to hydrolysis) is 1. The van der Waals surface area contributed by atoms with Crippen molar-refractivity contribution in [2.45, 2.75) is 98.3 Å². The molecule has 9 heteroatoms. The number of benzene rings is 2. The molecule has 2 aromatic rings. The van der Waals surface area contributed by atoms with Crippen LogP contribution in [0.4, 0.5) is 4.79 Å². The number of hydrogen-bond donors (Lipinski definition) is 2. The Labute approximate surface area is 256 Å². The number of carbonyl (C=O) groups excluding carboxylic acids is 4. The second-order valence-corrected chi connectivity index (χ2v) is 11.7. The average molecular weight is 596 g/mol. The first-order valence-electron chi connectivity index (χ1n) is 15.2. The highest BCUT2D eigenvalue weighted by molar-refractivity contribution is 5.92. The molecule has 2 unspecified atom stereocenters. The standard InChI is InChI=1S/C34H49N3O6/c1-8-10-14-21-37(32(40)28(23-26-15-12-11-13-16-26)36-33(41)43-34(5,6)7)30(27-18-17-24(3)25(4)22-27)31(39)35-20-19-29(38)42-9-2/h11-13,15-18,22,28,30H,8-10,14,19-21,23H2,1-7H3,(H,35,39)(H,36,41). The first-order valence-corrected chi connectivity index (χ1v) is 15.2. The van der Waals surface area contributed by atoms with Gasteiger partial charge in [0.2, 0.25) is 11.8 Å².